The van der Waals surface area contributed by atoms with Crippen LogP contribution in [0.1, 0.15) is 33.3 Å². The van der Waals surface area contributed by atoms with Gasteiger partial charge in [-0.2, -0.15) is 0 Å². The van der Waals surface area contributed by atoms with Crippen molar-refractivity contribution in [3.63, 3.8) is 0 Å². The molecule has 1 heterocycles. The Kier molecular flexibility index (Phi) is 2.01. The van der Waals surface area contributed by atoms with Crippen molar-refractivity contribution in [3.8, 4) is 0 Å². The first kappa shape index (κ1) is 10.7. The average Bonchev–Trinajstić information content (AvgIpc) is 2.74. The third-order valence-electron chi connectivity index (χ3n) is 3.77. The zero-order valence-corrected chi connectivity index (χ0v) is 9.74. The van der Waals surface area contributed by atoms with Crippen molar-refractivity contribution in [1.82, 2.24) is 0 Å². The van der Waals surface area contributed by atoms with Gasteiger partial charge in [0, 0.05) is 0 Å². The molecule has 2 rings (SSSR count). The van der Waals surface area contributed by atoms with Gasteiger partial charge < -0.3 is 9.84 Å². The van der Waals surface area contributed by atoms with Gasteiger partial charge in [-0.15, -0.1) is 0 Å². The van der Waals surface area contributed by atoms with Crippen molar-refractivity contribution in [2.24, 2.45) is 0 Å². The van der Waals surface area contributed by atoms with Crippen LogP contribution in [0, 0.1) is 0 Å². The fraction of sp³-hybridized carbons (Fsp3) is 0.538. The summed E-state index contributed by atoms with van der Waals surface area (Å²) in [6.07, 6.45) is 0. The molecule has 0 aliphatic carbocycles. The number of rotatable bonds is 2. The maximum absolute atomic E-state index is 10.1. The quantitative estimate of drug-likeness (QED) is 0.754. The highest BCUT2D eigenvalue weighted by Gasteiger charge is 2.71. The molecule has 1 aromatic rings. The smallest absolute Gasteiger partial charge is 0.127 e. The van der Waals surface area contributed by atoms with Crippen LogP contribution in [0.15, 0.2) is 30.3 Å². The second-order valence-corrected chi connectivity index (χ2v) is 5.09. The lowest BCUT2D eigenvalue weighted by Gasteiger charge is -2.25. The van der Waals surface area contributed by atoms with E-state index in [1.807, 2.05) is 44.2 Å². The van der Waals surface area contributed by atoms with Crippen LogP contribution in [0.2, 0.25) is 0 Å². The van der Waals surface area contributed by atoms with Gasteiger partial charge in [-0.05, 0) is 33.3 Å². The molecule has 1 aromatic carbocycles. The number of benzene rings is 1. The van der Waals surface area contributed by atoms with Crippen LogP contribution < -0.4 is 0 Å². The number of hydrogen-bond donors (Lipinski definition) is 1. The molecule has 1 aliphatic rings. The normalized spacial score (nSPS) is 35.3. The molecule has 0 spiro atoms. The Morgan fingerprint density at radius 3 is 2.07 bits per heavy atom. The van der Waals surface area contributed by atoms with E-state index < -0.39 is 11.2 Å². The van der Waals surface area contributed by atoms with E-state index in [1.165, 1.54) is 0 Å². The molecule has 82 valence electrons. The van der Waals surface area contributed by atoms with Crippen molar-refractivity contribution < 1.29 is 9.84 Å². The molecule has 0 bridgehead atoms. The van der Waals surface area contributed by atoms with Gasteiger partial charge in [0.15, 0.2) is 0 Å². The van der Waals surface area contributed by atoms with Gasteiger partial charge in [0.2, 0.25) is 0 Å². The molecule has 15 heavy (non-hydrogen) atoms. The summed E-state index contributed by atoms with van der Waals surface area (Å²) in [5.41, 5.74) is -0.583. The highest BCUT2D eigenvalue weighted by molar-refractivity contribution is 5.34. The van der Waals surface area contributed by atoms with Crippen molar-refractivity contribution in [2.45, 2.75) is 44.5 Å². The van der Waals surface area contributed by atoms with E-state index >= 15 is 0 Å². The summed E-state index contributed by atoms with van der Waals surface area (Å²) in [6, 6.07) is 10.0. The predicted octanol–water partition coefficient (Wildman–Crippen LogP) is 2.46. The van der Waals surface area contributed by atoms with E-state index in [9.17, 15) is 5.11 Å². The summed E-state index contributed by atoms with van der Waals surface area (Å²) in [4.78, 5) is 0. The molecule has 0 unspecified atom stereocenters. The predicted molar refractivity (Wildman–Crippen MR) is 59.6 cm³/mol. The molecular weight excluding hydrogens is 188 g/mol. The average molecular weight is 206 g/mol. The van der Waals surface area contributed by atoms with Crippen molar-refractivity contribution >= 4 is 0 Å². The third-order valence-corrected chi connectivity index (χ3v) is 3.77. The van der Waals surface area contributed by atoms with E-state index in [0.717, 1.165) is 5.56 Å². The van der Waals surface area contributed by atoms with Crippen molar-refractivity contribution in [3.05, 3.63) is 35.9 Å². The van der Waals surface area contributed by atoms with Gasteiger partial charge in [0.1, 0.15) is 11.2 Å². The Balaban J connectivity index is 2.35. The molecule has 2 atom stereocenters. The SMILES string of the molecule is CC(C)(O)[C@@]1(C)O[C@@]1(C)c1ccccc1. The standard InChI is InChI=1S/C13H18O2/c1-11(2,14)13(4)12(3,15-13)10-8-6-5-7-9-10/h5-9,14H,1-4H3/t12-,13+/m0/s1. The van der Waals surface area contributed by atoms with Crippen LogP contribution in [0.5, 0.6) is 0 Å². The number of epoxide rings is 1. The van der Waals surface area contributed by atoms with E-state index in [4.69, 9.17) is 4.74 Å². The summed E-state index contributed by atoms with van der Waals surface area (Å²) in [6.45, 7) is 7.57. The Morgan fingerprint density at radius 1 is 1.13 bits per heavy atom. The summed E-state index contributed by atoms with van der Waals surface area (Å²) in [5, 5.41) is 10.1. The maximum atomic E-state index is 10.1. The topological polar surface area (TPSA) is 32.8 Å². The number of aliphatic hydroxyl groups is 1. The van der Waals surface area contributed by atoms with Crippen LogP contribution in [0.3, 0.4) is 0 Å². The lowest BCUT2D eigenvalue weighted by molar-refractivity contribution is 0.00242. The minimum absolute atomic E-state index is 0.369. The maximum Gasteiger partial charge on any atom is 0.127 e. The van der Waals surface area contributed by atoms with Gasteiger partial charge in [-0.3, -0.25) is 0 Å². The molecule has 1 N–H and O–H groups in total. The summed E-state index contributed by atoms with van der Waals surface area (Å²) < 4.78 is 5.79. The molecule has 0 radical (unpaired) electrons. The van der Waals surface area contributed by atoms with Crippen molar-refractivity contribution in [2.75, 3.05) is 0 Å². The fourth-order valence-corrected chi connectivity index (χ4v) is 2.18. The third kappa shape index (κ3) is 1.32. The van der Waals surface area contributed by atoms with Gasteiger partial charge >= 0.3 is 0 Å². The van der Waals surface area contributed by atoms with Crippen LogP contribution in [0.25, 0.3) is 0 Å². The van der Waals surface area contributed by atoms with Crippen LogP contribution in [0.4, 0.5) is 0 Å². The molecule has 0 amide bonds. The zero-order chi connectivity index (χ0) is 11.3. The van der Waals surface area contributed by atoms with Gasteiger partial charge in [-0.1, -0.05) is 30.3 Å². The monoisotopic (exact) mass is 206 g/mol. The van der Waals surface area contributed by atoms with E-state index in [0.29, 0.717) is 0 Å². The molecular formula is C13H18O2. The summed E-state index contributed by atoms with van der Waals surface area (Å²) in [5.74, 6) is 0. The lowest BCUT2D eigenvalue weighted by atomic mass is 9.79. The molecule has 1 fully saturated rings. The molecule has 2 heteroatoms. The lowest BCUT2D eigenvalue weighted by Crippen LogP contribution is -2.41. The van der Waals surface area contributed by atoms with E-state index in [-0.39, 0.29) is 5.60 Å². The highest BCUT2D eigenvalue weighted by atomic mass is 16.6. The van der Waals surface area contributed by atoms with Crippen LogP contribution in [-0.2, 0) is 10.3 Å². The fourth-order valence-electron chi connectivity index (χ4n) is 2.18. The van der Waals surface area contributed by atoms with Crippen molar-refractivity contribution in [1.29, 1.82) is 0 Å². The number of ether oxygens (including phenoxy) is 1. The van der Waals surface area contributed by atoms with Crippen LogP contribution in [-0.4, -0.2) is 16.3 Å². The highest BCUT2D eigenvalue weighted by Crippen LogP contribution is 2.60. The summed E-state index contributed by atoms with van der Waals surface area (Å²) in [7, 11) is 0. The first-order valence-corrected chi connectivity index (χ1v) is 5.29. The minimum atomic E-state index is -0.836. The molecule has 0 saturated carbocycles. The second-order valence-electron chi connectivity index (χ2n) is 5.09. The number of hydrogen-bond acceptors (Lipinski definition) is 2. The minimum Gasteiger partial charge on any atom is -0.387 e. The first-order chi connectivity index (χ1) is 6.81. The zero-order valence-electron chi connectivity index (χ0n) is 9.74. The van der Waals surface area contributed by atoms with Crippen LogP contribution >= 0.6 is 0 Å². The Labute approximate surface area is 90.9 Å². The van der Waals surface area contributed by atoms with Gasteiger partial charge in [-0.25, -0.2) is 0 Å². The molecule has 0 aromatic heterocycles. The molecule has 1 aliphatic heterocycles. The van der Waals surface area contributed by atoms with E-state index in [2.05, 4.69) is 0 Å². The first-order valence-electron chi connectivity index (χ1n) is 5.29. The molecule has 2 nitrogen and oxygen atoms in total. The summed E-state index contributed by atoms with van der Waals surface area (Å²) >= 11 is 0. The van der Waals surface area contributed by atoms with Gasteiger partial charge in [0.25, 0.3) is 0 Å². The second kappa shape index (κ2) is 2.83. The van der Waals surface area contributed by atoms with E-state index in [1.54, 1.807) is 13.8 Å². The Hall–Kier alpha value is -0.860. The Bertz CT molecular complexity index is 366. The Morgan fingerprint density at radius 2 is 1.67 bits per heavy atom. The van der Waals surface area contributed by atoms with Gasteiger partial charge in [0.05, 0.1) is 5.60 Å². The molecule has 1 saturated heterocycles. The largest absolute Gasteiger partial charge is 0.387 e.